The highest BCUT2D eigenvalue weighted by molar-refractivity contribution is 5.77. The van der Waals surface area contributed by atoms with Gasteiger partial charge in [-0.1, -0.05) is 42.5 Å². The minimum absolute atomic E-state index is 0.332. The first kappa shape index (κ1) is 19.9. The van der Waals surface area contributed by atoms with Crippen molar-refractivity contribution in [3.63, 3.8) is 0 Å². The molecule has 8 heteroatoms. The van der Waals surface area contributed by atoms with E-state index < -0.39 is 0 Å². The molecule has 0 unspecified atom stereocenters. The second-order valence-electron chi connectivity index (χ2n) is 8.01. The van der Waals surface area contributed by atoms with Gasteiger partial charge in [-0.25, -0.2) is 4.79 Å². The van der Waals surface area contributed by atoms with Crippen LogP contribution in [-0.2, 0) is 20.0 Å². The van der Waals surface area contributed by atoms with E-state index in [-0.39, 0.29) is 11.2 Å². The molecule has 0 aliphatic rings. The number of aryl methyl sites for hydroxylation is 3. The predicted molar refractivity (Wildman–Crippen MR) is 125 cm³/mol. The molecule has 0 aliphatic carbocycles. The molecule has 0 bridgehead atoms. The van der Waals surface area contributed by atoms with E-state index in [1.807, 2.05) is 72.3 Å². The summed E-state index contributed by atoms with van der Waals surface area (Å²) in [7, 11) is 1.65. The van der Waals surface area contributed by atoms with Gasteiger partial charge in [0, 0.05) is 25.5 Å². The number of hydrogen-bond donors (Lipinski definition) is 1. The summed E-state index contributed by atoms with van der Waals surface area (Å²) in [5.74, 6) is 0.546. The average Bonchev–Trinajstić information content (AvgIpc) is 3.30. The zero-order chi connectivity index (χ0) is 22.4. The van der Waals surface area contributed by atoms with Crippen molar-refractivity contribution in [2.75, 3.05) is 5.73 Å². The van der Waals surface area contributed by atoms with E-state index in [9.17, 15) is 9.59 Å². The summed E-state index contributed by atoms with van der Waals surface area (Å²) in [6.45, 7) is 2.28. The molecule has 32 heavy (non-hydrogen) atoms. The maximum absolute atomic E-state index is 13.4. The third-order valence-corrected chi connectivity index (χ3v) is 5.89. The van der Waals surface area contributed by atoms with Crippen molar-refractivity contribution in [3.05, 3.63) is 92.9 Å². The van der Waals surface area contributed by atoms with Crippen LogP contribution in [0, 0.1) is 6.92 Å². The van der Waals surface area contributed by atoms with Crippen LogP contribution in [0.25, 0.3) is 22.6 Å². The van der Waals surface area contributed by atoms with Gasteiger partial charge in [-0.2, -0.15) is 4.98 Å². The summed E-state index contributed by atoms with van der Waals surface area (Å²) in [6, 6.07) is 17.5. The van der Waals surface area contributed by atoms with Crippen molar-refractivity contribution >= 4 is 22.6 Å². The Morgan fingerprint density at radius 1 is 1.00 bits per heavy atom. The Morgan fingerprint density at radius 2 is 1.72 bits per heavy atom. The van der Waals surface area contributed by atoms with Crippen LogP contribution in [0.1, 0.15) is 17.7 Å². The number of rotatable bonds is 5. The van der Waals surface area contributed by atoms with Gasteiger partial charge in [0.15, 0.2) is 11.2 Å². The molecule has 0 fully saturated rings. The fraction of sp³-hybridized carbons (Fsp3) is 0.208. The van der Waals surface area contributed by atoms with Gasteiger partial charge in [0.25, 0.3) is 5.56 Å². The molecule has 0 amide bonds. The largest absolute Gasteiger partial charge is 0.397 e. The lowest BCUT2D eigenvalue weighted by Gasteiger charge is -2.09. The average molecular weight is 428 g/mol. The first-order valence-electron chi connectivity index (χ1n) is 10.6. The molecule has 0 aliphatic heterocycles. The molecular weight excluding hydrogens is 404 g/mol. The second kappa shape index (κ2) is 7.56. The van der Waals surface area contributed by atoms with Crippen LogP contribution >= 0.6 is 0 Å². The van der Waals surface area contributed by atoms with Gasteiger partial charge in [0.2, 0.25) is 5.78 Å². The van der Waals surface area contributed by atoms with Gasteiger partial charge in [0.1, 0.15) is 0 Å². The van der Waals surface area contributed by atoms with E-state index >= 15 is 0 Å². The summed E-state index contributed by atoms with van der Waals surface area (Å²) in [4.78, 5) is 31.0. The first-order valence-corrected chi connectivity index (χ1v) is 10.6. The first-order chi connectivity index (χ1) is 15.5. The van der Waals surface area contributed by atoms with E-state index in [4.69, 9.17) is 5.73 Å². The molecule has 3 aromatic heterocycles. The van der Waals surface area contributed by atoms with E-state index in [1.54, 1.807) is 11.4 Å². The predicted octanol–water partition coefficient (Wildman–Crippen LogP) is 2.66. The van der Waals surface area contributed by atoms with Crippen LogP contribution in [-0.4, -0.2) is 23.1 Å². The fourth-order valence-electron chi connectivity index (χ4n) is 4.28. The van der Waals surface area contributed by atoms with Crippen LogP contribution in [0.5, 0.6) is 0 Å². The Labute approximate surface area is 183 Å². The van der Waals surface area contributed by atoms with Crippen LogP contribution in [0.3, 0.4) is 0 Å². The topological polar surface area (TPSA) is 92.2 Å². The molecule has 0 saturated carbocycles. The van der Waals surface area contributed by atoms with Crippen molar-refractivity contribution < 1.29 is 0 Å². The number of aromatic nitrogens is 5. The summed E-state index contributed by atoms with van der Waals surface area (Å²) < 4.78 is 6.41. The quantitative estimate of drug-likeness (QED) is 0.436. The highest BCUT2D eigenvalue weighted by atomic mass is 16.2. The number of hydrogen-bond acceptors (Lipinski definition) is 4. The molecule has 0 saturated heterocycles. The number of nitrogen functional groups attached to an aromatic ring is 1. The molecule has 2 aromatic carbocycles. The number of benzene rings is 2. The minimum atomic E-state index is -0.362. The molecular formula is C24H24N6O2. The number of imidazole rings is 2. The Hall–Kier alpha value is -4.07. The smallest absolute Gasteiger partial charge is 0.332 e. The normalized spacial score (nSPS) is 11.6. The van der Waals surface area contributed by atoms with Crippen molar-refractivity contribution in [2.45, 2.75) is 26.3 Å². The van der Waals surface area contributed by atoms with E-state index in [0.29, 0.717) is 35.6 Å². The van der Waals surface area contributed by atoms with Crippen molar-refractivity contribution in [3.8, 4) is 5.69 Å². The van der Waals surface area contributed by atoms with E-state index in [0.717, 1.165) is 17.8 Å². The molecule has 8 nitrogen and oxygen atoms in total. The number of nitrogens with zero attached hydrogens (tertiary/aromatic N) is 5. The van der Waals surface area contributed by atoms with Crippen LogP contribution in [0.2, 0.25) is 0 Å². The van der Waals surface area contributed by atoms with Crippen LogP contribution in [0.4, 0.5) is 5.69 Å². The molecule has 5 aromatic rings. The van der Waals surface area contributed by atoms with E-state index in [2.05, 4.69) is 4.98 Å². The van der Waals surface area contributed by atoms with Gasteiger partial charge in [0.05, 0.1) is 11.4 Å². The van der Waals surface area contributed by atoms with Gasteiger partial charge in [-0.05, 0) is 37.5 Å². The summed E-state index contributed by atoms with van der Waals surface area (Å²) in [5, 5.41) is 0. The molecule has 0 radical (unpaired) electrons. The molecule has 3 heterocycles. The lowest BCUT2D eigenvalue weighted by Crippen LogP contribution is -2.39. The van der Waals surface area contributed by atoms with Crippen LogP contribution in [0.15, 0.2) is 70.4 Å². The Morgan fingerprint density at radius 3 is 2.47 bits per heavy atom. The molecule has 0 atom stereocenters. The number of para-hydroxylation sites is 2. The molecule has 162 valence electrons. The Bertz CT molecular complexity index is 1570. The third kappa shape index (κ3) is 3.03. The zero-order valence-corrected chi connectivity index (χ0v) is 18.0. The third-order valence-electron chi connectivity index (χ3n) is 5.89. The minimum Gasteiger partial charge on any atom is -0.397 e. The zero-order valence-electron chi connectivity index (χ0n) is 18.0. The summed E-state index contributed by atoms with van der Waals surface area (Å²) in [6.07, 6.45) is 3.34. The Kier molecular flexibility index (Phi) is 4.70. The van der Waals surface area contributed by atoms with Gasteiger partial charge in [-0.3, -0.25) is 22.9 Å². The summed E-state index contributed by atoms with van der Waals surface area (Å²) >= 11 is 0. The molecule has 0 spiro atoms. The lowest BCUT2D eigenvalue weighted by atomic mass is 10.1. The van der Waals surface area contributed by atoms with Gasteiger partial charge >= 0.3 is 5.69 Å². The maximum Gasteiger partial charge on any atom is 0.332 e. The maximum atomic E-state index is 13.4. The SMILES string of the molecule is Cc1cn2c3c(=O)n(CCCc4ccccc4)c(=O)n(C)c3nc2n1-c1ccccc1N. The second-order valence-corrected chi connectivity index (χ2v) is 8.01. The molecule has 5 rings (SSSR count). The lowest BCUT2D eigenvalue weighted by molar-refractivity contribution is 0.572. The standard InChI is InChI=1S/C24H24N6O2/c1-16-15-29-20-21(26-23(29)30(16)19-13-7-6-12-18(19)25)27(2)24(32)28(22(20)31)14-8-11-17-9-4-3-5-10-17/h3-7,9-10,12-13,15H,8,11,14,25H2,1-2H3. The Balaban J connectivity index is 1.65. The number of nitrogens with two attached hydrogens (primary N) is 1. The number of anilines is 1. The van der Waals surface area contributed by atoms with Gasteiger partial charge in [-0.15, -0.1) is 0 Å². The summed E-state index contributed by atoms with van der Waals surface area (Å²) in [5.41, 5.74) is 9.70. The van der Waals surface area contributed by atoms with Crippen LogP contribution < -0.4 is 17.0 Å². The van der Waals surface area contributed by atoms with Crippen molar-refractivity contribution in [1.82, 2.24) is 23.1 Å². The number of fused-ring (bicyclic) bond motifs is 3. The molecule has 2 N–H and O–H groups in total. The highest BCUT2D eigenvalue weighted by Gasteiger charge is 2.21. The van der Waals surface area contributed by atoms with E-state index in [1.165, 1.54) is 14.7 Å². The highest BCUT2D eigenvalue weighted by Crippen LogP contribution is 2.24. The van der Waals surface area contributed by atoms with Gasteiger partial charge < -0.3 is 5.73 Å². The van der Waals surface area contributed by atoms with Crippen molar-refractivity contribution in [1.29, 1.82) is 0 Å². The fourth-order valence-corrected chi connectivity index (χ4v) is 4.28. The monoisotopic (exact) mass is 428 g/mol. The van der Waals surface area contributed by atoms with Crippen molar-refractivity contribution in [2.24, 2.45) is 7.05 Å².